The van der Waals surface area contributed by atoms with Gasteiger partial charge in [0.15, 0.2) is 0 Å². The lowest BCUT2D eigenvalue weighted by Gasteiger charge is -2.11. The lowest BCUT2D eigenvalue weighted by Crippen LogP contribution is -2.11. The van der Waals surface area contributed by atoms with Crippen LogP contribution >= 0.6 is 12.2 Å². The predicted octanol–water partition coefficient (Wildman–Crippen LogP) is 2.40. The van der Waals surface area contributed by atoms with E-state index in [2.05, 4.69) is 0 Å². The van der Waals surface area contributed by atoms with Gasteiger partial charge in [0.05, 0.1) is 19.3 Å². The summed E-state index contributed by atoms with van der Waals surface area (Å²) in [6, 6.07) is 12.9. The number of hydrogen-bond donors (Lipinski definition) is 2. The van der Waals surface area contributed by atoms with Gasteiger partial charge in [-0.05, 0) is 35.4 Å². The molecule has 4 nitrogen and oxygen atoms in total. The Balaban J connectivity index is 2.07. The molecule has 5 heteroatoms. The van der Waals surface area contributed by atoms with Crippen LogP contribution in [0.1, 0.15) is 16.7 Å². The monoisotopic (exact) mass is 303 g/mol. The highest BCUT2D eigenvalue weighted by Gasteiger charge is 2.07. The van der Waals surface area contributed by atoms with Crippen LogP contribution in [0.25, 0.3) is 0 Å². The predicted molar refractivity (Wildman–Crippen MR) is 85.6 cm³/mol. The number of methoxy groups -OCH3 is 1. The van der Waals surface area contributed by atoms with E-state index >= 15 is 0 Å². The number of hydrogen-bond acceptors (Lipinski definition) is 4. The van der Waals surface area contributed by atoms with Gasteiger partial charge in [-0.3, -0.25) is 0 Å². The summed E-state index contributed by atoms with van der Waals surface area (Å²) in [5, 5.41) is 8.99. The molecule has 0 saturated heterocycles. The molecule has 0 unspecified atom stereocenters. The molecule has 0 bridgehead atoms. The van der Waals surface area contributed by atoms with E-state index in [1.165, 1.54) is 0 Å². The Kier molecular flexibility index (Phi) is 5.14. The van der Waals surface area contributed by atoms with Crippen LogP contribution in [-0.2, 0) is 13.2 Å². The Morgan fingerprint density at radius 3 is 2.38 bits per heavy atom. The number of thiocarbonyl (C=S) groups is 1. The van der Waals surface area contributed by atoms with E-state index in [1.807, 2.05) is 42.5 Å². The first-order valence-corrected chi connectivity index (χ1v) is 6.84. The van der Waals surface area contributed by atoms with Crippen molar-refractivity contribution in [3.8, 4) is 11.5 Å². The Labute approximate surface area is 129 Å². The molecule has 0 aliphatic carbocycles. The van der Waals surface area contributed by atoms with Gasteiger partial charge in [-0.15, -0.1) is 0 Å². The van der Waals surface area contributed by atoms with Crippen LogP contribution in [0.15, 0.2) is 42.5 Å². The molecule has 0 radical (unpaired) electrons. The number of benzene rings is 2. The summed E-state index contributed by atoms with van der Waals surface area (Å²) < 4.78 is 11.0. The van der Waals surface area contributed by atoms with Gasteiger partial charge in [0.1, 0.15) is 23.1 Å². The normalized spacial score (nSPS) is 10.2. The zero-order valence-electron chi connectivity index (χ0n) is 11.7. The number of ether oxygens (including phenoxy) is 2. The highest BCUT2D eigenvalue weighted by molar-refractivity contribution is 7.80. The van der Waals surface area contributed by atoms with Gasteiger partial charge in [-0.1, -0.05) is 30.4 Å². The second-order valence-corrected chi connectivity index (χ2v) is 4.93. The summed E-state index contributed by atoms with van der Waals surface area (Å²) in [5.41, 5.74) is 8.15. The Morgan fingerprint density at radius 1 is 1.14 bits per heavy atom. The van der Waals surface area contributed by atoms with Crippen LogP contribution in [-0.4, -0.2) is 17.2 Å². The molecule has 0 aliphatic heterocycles. The maximum absolute atomic E-state index is 8.99. The first kappa shape index (κ1) is 15.3. The van der Waals surface area contributed by atoms with E-state index in [1.54, 1.807) is 7.11 Å². The fraction of sp³-hybridized carbons (Fsp3) is 0.188. The number of nitrogens with two attached hydrogens (primary N) is 1. The highest BCUT2D eigenvalue weighted by Crippen LogP contribution is 2.21. The zero-order chi connectivity index (χ0) is 15.2. The molecule has 0 fully saturated rings. The molecule has 0 aromatic heterocycles. The smallest absolute Gasteiger partial charge is 0.129 e. The molecule has 21 heavy (non-hydrogen) atoms. The summed E-state index contributed by atoms with van der Waals surface area (Å²) in [5.74, 6) is 1.38. The quantitative estimate of drug-likeness (QED) is 0.802. The molecule has 0 atom stereocenters. The molecule has 0 aliphatic rings. The molecule has 3 N–H and O–H groups in total. The standard InChI is InChI=1S/C16H17NO3S/c1-19-15-8-12(4-7-14(15)16(17)21)10-20-13-5-2-11(9-18)3-6-13/h2-8,18H,9-10H2,1H3,(H2,17,21). The topological polar surface area (TPSA) is 64.7 Å². The summed E-state index contributed by atoms with van der Waals surface area (Å²) in [6.07, 6.45) is 0. The molecule has 0 saturated carbocycles. The van der Waals surface area contributed by atoms with Gasteiger partial charge in [0.25, 0.3) is 0 Å². The lowest BCUT2D eigenvalue weighted by atomic mass is 10.1. The minimum Gasteiger partial charge on any atom is -0.496 e. The van der Waals surface area contributed by atoms with E-state index in [-0.39, 0.29) is 6.61 Å². The molecule has 0 heterocycles. The van der Waals surface area contributed by atoms with Gasteiger partial charge in [0.2, 0.25) is 0 Å². The van der Waals surface area contributed by atoms with Crippen LogP contribution in [0.3, 0.4) is 0 Å². The third-order valence-corrected chi connectivity index (χ3v) is 3.26. The molecule has 2 rings (SSSR count). The fourth-order valence-electron chi connectivity index (χ4n) is 1.89. The SMILES string of the molecule is COc1cc(COc2ccc(CO)cc2)ccc1C(N)=S. The first-order valence-electron chi connectivity index (χ1n) is 6.43. The first-order chi connectivity index (χ1) is 10.1. The maximum atomic E-state index is 8.99. The Hall–Kier alpha value is -2.11. The maximum Gasteiger partial charge on any atom is 0.129 e. The van der Waals surface area contributed by atoms with Crippen molar-refractivity contribution in [2.24, 2.45) is 5.73 Å². The third kappa shape index (κ3) is 3.93. The van der Waals surface area contributed by atoms with E-state index in [0.29, 0.717) is 22.9 Å². The molecular weight excluding hydrogens is 286 g/mol. The Bertz CT molecular complexity index is 626. The zero-order valence-corrected chi connectivity index (χ0v) is 12.5. The third-order valence-electron chi connectivity index (χ3n) is 3.04. The van der Waals surface area contributed by atoms with Crippen molar-refractivity contribution >= 4 is 17.2 Å². The average Bonchev–Trinajstić information content (AvgIpc) is 2.52. The molecule has 110 valence electrons. The van der Waals surface area contributed by atoms with E-state index in [9.17, 15) is 0 Å². The summed E-state index contributed by atoms with van der Waals surface area (Å²) >= 11 is 4.97. The molecular formula is C16H17NO3S. The minimum atomic E-state index is 0.0257. The van der Waals surface area contributed by atoms with Crippen molar-refractivity contribution in [1.29, 1.82) is 0 Å². The summed E-state index contributed by atoms with van der Waals surface area (Å²) in [7, 11) is 1.58. The highest BCUT2D eigenvalue weighted by atomic mass is 32.1. The van der Waals surface area contributed by atoms with Crippen LogP contribution in [0.5, 0.6) is 11.5 Å². The minimum absolute atomic E-state index is 0.0257. The number of aliphatic hydroxyl groups excluding tert-OH is 1. The Morgan fingerprint density at radius 2 is 1.81 bits per heavy atom. The van der Waals surface area contributed by atoms with Crippen molar-refractivity contribution in [1.82, 2.24) is 0 Å². The van der Waals surface area contributed by atoms with Crippen LogP contribution in [0.2, 0.25) is 0 Å². The molecule has 2 aromatic carbocycles. The van der Waals surface area contributed by atoms with Gasteiger partial charge in [0, 0.05) is 0 Å². The molecule has 0 amide bonds. The van der Waals surface area contributed by atoms with Gasteiger partial charge < -0.3 is 20.3 Å². The van der Waals surface area contributed by atoms with Crippen molar-refractivity contribution in [3.63, 3.8) is 0 Å². The largest absolute Gasteiger partial charge is 0.496 e. The summed E-state index contributed by atoms with van der Waals surface area (Å²) in [6.45, 7) is 0.435. The van der Waals surface area contributed by atoms with Crippen molar-refractivity contribution in [3.05, 3.63) is 59.2 Å². The lowest BCUT2D eigenvalue weighted by molar-refractivity contribution is 0.280. The number of aliphatic hydroxyl groups is 1. The van der Waals surface area contributed by atoms with Crippen molar-refractivity contribution in [2.45, 2.75) is 13.2 Å². The van der Waals surface area contributed by atoms with Gasteiger partial charge in [-0.2, -0.15) is 0 Å². The summed E-state index contributed by atoms with van der Waals surface area (Å²) in [4.78, 5) is 0.305. The van der Waals surface area contributed by atoms with E-state index in [4.69, 9.17) is 32.5 Å². The van der Waals surface area contributed by atoms with Crippen LogP contribution in [0.4, 0.5) is 0 Å². The van der Waals surface area contributed by atoms with E-state index < -0.39 is 0 Å². The van der Waals surface area contributed by atoms with E-state index in [0.717, 1.165) is 16.9 Å². The number of rotatable bonds is 6. The fourth-order valence-corrected chi connectivity index (χ4v) is 2.06. The van der Waals surface area contributed by atoms with Crippen molar-refractivity contribution in [2.75, 3.05) is 7.11 Å². The molecule has 0 spiro atoms. The average molecular weight is 303 g/mol. The van der Waals surface area contributed by atoms with Crippen LogP contribution < -0.4 is 15.2 Å². The second kappa shape index (κ2) is 7.06. The van der Waals surface area contributed by atoms with Crippen LogP contribution in [0, 0.1) is 0 Å². The molecule has 2 aromatic rings. The second-order valence-electron chi connectivity index (χ2n) is 4.49. The van der Waals surface area contributed by atoms with Gasteiger partial charge in [-0.25, -0.2) is 0 Å². The van der Waals surface area contributed by atoms with Gasteiger partial charge >= 0.3 is 0 Å². The van der Waals surface area contributed by atoms with Crippen molar-refractivity contribution < 1.29 is 14.6 Å².